The number of aromatic nitrogens is 2. The van der Waals surface area contributed by atoms with Crippen molar-refractivity contribution in [2.75, 3.05) is 11.4 Å². The molecule has 0 bridgehead atoms. The average Bonchev–Trinajstić information content (AvgIpc) is 2.85. The van der Waals surface area contributed by atoms with Crippen LogP contribution in [-0.4, -0.2) is 16.1 Å². The Hall–Kier alpha value is -2.42. The van der Waals surface area contributed by atoms with Gasteiger partial charge in [-0.25, -0.2) is 13.8 Å². The van der Waals surface area contributed by atoms with Crippen molar-refractivity contribution in [3.8, 4) is 6.07 Å². The molecule has 2 heterocycles. The summed E-state index contributed by atoms with van der Waals surface area (Å²) >= 11 is 0. The van der Waals surface area contributed by atoms with E-state index < -0.39 is 11.6 Å². The van der Waals surface area contributed by atoms with E-state index in [9.17, 15) is 8.78 Å². The lowest BCUT2D eigenvalue weighted by atomic mass is 10.1. The highest BCUT2D eigenvalue weighted by Gasteiger charge is 2.23. The predicted molar refractivity (Wildman–Crippen MR) is 64.4 cm³/mol. The molecule has 0 fully saturated rings. The van der Waals surface area contributed by atoms with Gasteiger partial charge in [0.15, 0.2) is 11.6 Å². The quantitative estimate of drug-likeness (QED) is 0.788. The number of hydrogen-bond donors (Lipinski definition) is 0. The molecular formula is C13H10F2N4. The van der Waals surface area contributed by atoms with Gasteiger partial charge in [0.05, 0.1) is 18.2 Å². The minimum atomic E-state index is -0.712. The van der Waals surface area contributed by atoms with E-state index in [4.69, 9.17) is 5.26 Å². The molecule has 0 aliphatic carbocycles. The zero-order chi connectivity index (χ0) is 13.4. The van der Waals surface area contributed by atoms with Gasteiger partial charge in [0.25, 0.3) is 0 Å². The van der Waals surface area contributed by atoms with Gasteiger partial charge in [-0.3, -0.25) is 0 Å². The molecule has 1 aliphatic heterocycles. The maximum absolute atomic E-state index is 13.9. The third-order valence-corrected chi connectivity index (χ3v) is 3.21. The highest BCUT2D eigenvalue weighted by atomic mass is 19.1. The van der Waals surface area contributed by atoms with Gasteiger partial charge in [0.2, 0.25) is 0 Å². The van der Waals surface area contributed by atoms with Crippen LogP contribution in [0.1, 0.15) is 11.4 Å². The van der Waals surface area contributed by atoms with E-state index in [0.717, 1.165) is 18.0 Å². The number of halogens is 2. The first-order valence-corrected chi connectivity index (χ1v) is 5.83. The first kappa shape index (κ1) is 11.7. The fraction of sp³-hybridized carbons (Fsp3) is 0.231. The van der Waals surface area contributed by atoms with E-state index in [1.165, 1.54) is 0 Å². The summed E-state index contributed by atoms with van der Waals surface area (Å²) in [6.45, 7) is 1.49. The summed E-state index contributed by atoms with van der Waals surface area (Å²) in [5.41, 5.74) is -0.106. The molecule has 4 nitrogen and oxygen atoms in total. The van der Waals surface area contributed by atoms with E-state index in [1.807, 2.05) is 10.8 Å². The molecule has 0 amide bonds. The predicted octanol–water partition coefficient (Wildman–Crippen LogP) is 2.05. The maximum Gasteiger partial charge on any atom is 0.150 e. The fourth-order valence-corrected chi connectivity index (χ4v) is 2.30. The second kappa shape index (κ2) is 4.35. The molecule has 19 heavy (non-hydrogen) atoms. The molecule has 1 aromatic carbocycles. The highest BCUT2D eigenvalue weighted by molar-refractivity contribution is 5.53. The molecule has 0 atom stereocenters. The minimum absolute atomic E-state index is 0.0164. The zero-order valence-corrected chi connectivity index (χ0v) is 9.98. The number of benzene rings is 1. The Balaban J connectivity index is 1.98. The summed E-state index contributed by atoms with van der Waals surface area (Å²) in [7, 11) is 0. The number of fused-ring (bicyclic) bond motifs is 1. The van der Waals surface area contributed by atoms with Crippen LogP contribution >= 0.6 is 0 Å². The standard InChI is InChI=1S/C13H10F2N4/c14-10-5-9(7-16)6-11(15)13(10)19-4-3-18-2-1-17-12(18)8-19/h1-2,5-6H,3-4,8H2. The van der Waals surface area contributed by atoms with E-state index in [0.29, 0.717) is 19.6 Å². The first-order chi connectivity index (χ1) is 9.19. The van der Waals surface area contributed by atoms with Crippen LogP contribution in [0.15, 0.2) is 24.5 Å². The van der Waals surface area contributed by atoms with Crippen LogP contribution in [0.3, 0.4) is 0 Å². The van der Waals surface area contributed by atoms with Gasteiger partial charge in [-0.15, -0.1) is 0 Å². The molecule has 1 aliphatic rings. The number of nitriles is 1. The number of nitrogens with zero attached hydrogens (tertiary/aromatic N) is 4. The van der Waals surface area contributed by atoms with Crippen molar-refractivity contribution >= 4 is 5.69 Å². The largest absolute Gasteiger partial charge is 0.358 e. The van der Waals surface area contributed by atoms with Gasteiger partial charge in [0.1, 0.15) is 11.5 Å². The van der Waals surface area contributed by atoms with Crippen LogP contribution in [0, 0.1) is 23.0 Å². The van der Waals surface area contributed by atoms with Gasteiger partial charge in [0, 0.05) is 25.5 Å². The van der Waals surface area contributed by atoms with Gasteiger partial charge < -0.3 is 9.47 Å². The van der Waals surface area contributed by atoms with E-state index in [2.05, 4.69) is 4.98 Å². The second-order valence-electron chi connectivity index (χ2n) is 4.36. The molecule has 0 spiro atoms. The smallest absolute Gasteiger partial charge is 0.150 e. The van der Waals surface area contributed by atoms with E-state index in [1.54, 1.807) is 17.2 Å². The fourth-order valence-electron chi connectivity index (χ4n) is 2.30. The molecule has 0 radical (unpaired) electrons. The summed E-state index contributed by atoms with van der Waals surface area (Å²) in [4.78, 5) is 5.75. The Morgan fingerprint density at radius 3 is 2.63 bits per heavy atom. The number of anilines is 1. The Labute approximate surface area is 108 Å². The van der Waals surface area contributed by atoms with Crippen LogP contribution in [0.25, 0.3) is 0 Å². The molecule has 0 unspecified atom stereocenters. The summed E-state index contributed by atoms with van der Waals surface area (Å²) in [5.74, 6) is -0.650. The van der Waals surface area contributed by atoms with Crippen LogP contribution in [-0.2, 0) is 13.1 Å². The maximum atomic E-state index is 13.9. The second-order valence-corrected chi connectivity index (χ2v) is 4.36. The van der Waals surface area contributed by atoms with Crippen molar-refractivity contribution < 1.29 is 8.78 Å². The number of rotatable bonds is 1. The van der Waals surface area contributed by atoms with Crippen molar-refractivity contribution in [1.29, 1.82) is 5.26 Å². The van der Waals surface area contributed by atoms with E-state index >= 15 is 0 Å². The molecule has 0 saturated heterocycles. The normalized spacial score (nSPS) is 14.1. The lowest BCUT2D eigenvalue weighted by Crippen LogP contribution is -2.34. The lowest BCUT2D eigenvalue weighted by molar-refractivity contribution is 0.522. The summed E-state index contributed by atoms with van der Waals surface area (Å²) in [6.07, 6.45) is 3.52. The average molecular weight is 260 g/mol. The van der Waals surface area contributed by atoms with Crippen molar-refractivity contribution in [3.63, 3.8) is 0 Å². The van der Waals surface area contributed by atoms with Crippen molar-refractivity contribution in [2.24, 2.45) is 0 Å². The molecule has 3 rings (SSSR count). The topological polar surface area (TPSA) is 44.9 Å². The van der Waals surface area contributed by atoms with Crippen molar-refractivity contribution in [2.45, 2.75) is 13.1 Å². The summed E-state index contributed by atoms with van der Waals surface area (Å²) < 4.78 is 29.8. The Morgan fingerprint density at radius 1 is 1.21 bits per heavy atom. The van der Waals surface area contributed by atoms with Crippen LogP contribution < -0.4 is 4.90 Å². The van der Waals surface area contributed by atoms with Gasteiger partial charge in [-0.2, -0.15) is 5.26 Å². The Bertz CT molecular complexity index is 649. The zero-order valence-electron chi connectivity index (χ0n) is 9.98. The number of imidazole rings is 1. The molecule has 0 N–H and O–H groups in total. The molecule has 0 saturated carbocycles. The SMILES string of the molecule is N#Cc1cc(F)c(N2CCn3ccnc3C2)c(F)c1. The molecule has 6 heteroatoms. The summed E-state index contributed by atoms with van der Waals surface area (Å²) in [5, 5.41) is 8.68. The summed E-state index contributed by atoms with van der Waals surface area (Å²) in [6, 6.07) is 3.85. The Morgan fingerprint density at radius 2 is 1.95 bits per heavy atom. The monoisotopic (exact) mass is 260 g/mol. The van der Waals surface area contributed by atoms with Gasteiger partial charge >= 0.3 is 0 Å². The molecule has 1 aromatic heterocycles. The Kier molecular flexibility index (Phi) is 2.67. The van der Waals surface area contributed by atoms with Crippen molar-refractivity contribution in [3.05, 3.63) is 47.5 Å². The van der Waals surface area contributed by atoms with Crippen LogP contribution in [0.5, 0.6) is 0 Å². The molecule has 96 valence electrons. The third kappa shape index (κ3) is 1.93. The molecular weight excluding hydrogens is 250 g/mol. The van der Waals surface area contributed by atoms with E-state index in [-0.39, 0.29) is 11.3 Å². The first-order valence-electron chi connectivity index (χ1n) is 5.83. The highest BCUT2D eigenvalue weighted by Crippen LogP contribution is 2.27. The minimum Gasteiger partial charge on any atom is -0.358 e. The van der Waals surface area contributed by atoms with Crippen LogP contribution in [0.4, 0.5) is 14.5 Å². The number of hydrogen-bond acceptors (Lipinski definition) is 3. The van der Waals surface area contributed by atoms with Gasteiger partial charge in [-0.05, 0) is 12.1 Å². The lowest BCUT2D eigenvalue weighted by Gasteiger charge is -2.30. The third-order valence-electron chi connectivity index (χ3n) is 3.21. The van der Waals surface area contributed by atoms with Crippen LogP contribution in [0.2, 0.25) is 0 Å². The van der Waals surface area contributed by atoms with Crippen molar-refractivity contribution in [1.82, 2.24) is 9.55 Å². The molecule has 2 aromatic rings. The van der Waals surface area contributed by atoms with Gasteiger partial charge in [-0.1, -0.05) is 0 Å².